The average Bonchev–Trinajstić information content (AvgIpc) is 2.65. The SMILES string of the molecule is CC(=O)C(COC(=O)c1ccc(O)cc1)(OC(=O)c1ccc(O)cc1)C(C)=O. The van der Waals surface area contributed by atoms with Gasteiger partial charge in [-0.1, -0.05) is 0 Å². The molecule has 0 unspecified atom stereocenters. The van der Waals surface area contributed by atoms with Crippen LogP contribution in [-0.4, -0.2) is 45.9 Å². The summed E-state index contributed by atoms with van der Waals surface area (Å²) in [4.78, 5) is 48.8. The van der Waals surface area contributed by atoms with Gasteiger partial charge in [0.05, 0.1) is 11.1 Å². The first-order valence-electron chi connectivity index (χ1n) is 8.16. The van der Waals surface area contributed by atoms with Gasteiger partial charge in [0.15, 0.2) is 11.6 Å². The van der Waals surface area contributed by atoms with E-state index in [4.69, 9.17) is 9.47 Å². The summed E-state index contributed by atoms with van der Waals surface area (Å²) < 4.78 is 10.2. The number of benzene rings is 2. The molecular formula is C20H18O8. The van der Waals surface area contributed by atoms with Gasteiger partial charge >= 0.3 is 11.9 Å². The largest absolute Gasteiger partial charge is 0.508 e. The van der Waals surface area contributed by atoms with Crippen molar-refractivity contribution in [2.75, 3.05) is 6.61 Å². The van der Waals surface area contributed by atoms with E-state index in [-0.39, 0.29) is 22.6 Å². The first kappa shape index (κ1) is 20.6. The number of carbonyl (C=O) groups excluding carboxylic acids is 4. The molecule has 0 atom stereocenters. The van der Waals surface area contributed by atoms with E-state index in [9.17, 15) is 29.4 Å². The van der Waals surface area contributed by atoms with Gasteiger partial charge in [-0.15, -0.1) is 0 Å². The predicted octanol–water partition coefficient (Wildman–Crippen LogP) is 2.03. The van der Waals surface area contributed by atoms with Crippen LogP contribution < -0.4 is 0 Å². The standard InChI is InChI=1S/C20H18O8/c1-12(21)20(13(2)22,28-19(26)15-5-9-17(24)10-6-15)11-27-18(25)14-3-7-16(23)8-4-14/h3-10,23-24H,11H2,1-2H3. The third-order valence-electron chi connectivity index (χ3n) is 4.02. The molecule has 8 heteroatoms. The second kappa shape index (κ2) is 8.34. The fraction of sp³-hybridized carbons (Fsp3) is 0.200. The third kappa shape index (κ3) is 4.53. The van der Waals surface area contributed by atoms with Gasteiger partial charge in [0, 0.05) is 0 Å². The molecule has 0 heterocycles. The fourth-order valence-electron chi connectivity index (χ4n) is 2.29. The van der Waals surface area contributed by atoms with Crippen molar-refractivity contribution >= 4 is 23.5 Å². The van der Waals surface area contributed by atoms with Gasteiger partial charge in [-0.2, -0.15) is 0 Å². The summed E-state index contributed by atoms with van der Waals surface area (Å²) in [6.07, 6.45) is 0. The highest BCUT2D eigenvalue weighted by molar-refractivity contribution is 6.11. The number of aromatic hydroxyl groups is 2. The molecule has 0 amide bonds. The van der Waals surface area contributed by atoms with Gasteiger partial charge in [0.2, 0.25) is 0 Å². The zero-order chi connectivity index (χ0) is 20.9. The Bertz CT molecular complexity index is 883. The first-order valence-corrected chi connectivity index (χ1v) is 8.16. The van der Waals surface area contributed by atoms with Gasteiger partial charge < -0.3 is 19.7 Å². The minimum absolute atomic E-state index is 0.00506. The van der Waals surface area contributed by atoms with Crippen molar-refractivity contribution in [1.82, 2.24) is 0 Å². The lowest BCUT2D eigenvalue weighted by atomic mass is 9.95. The Hall–Kier alpha value is -3.68. The highest BCUT2D eigenvalue weighted by Gasteiger charge is 2.46. The first-order chi connectivity index (χ1) is 13.2. The molecule has 2 aromatic carbocycles. The second-order valence-corrected chi connectivity index (χ2v) is 6.00. The minimum atomic E-state index is -2.30. The molecule has 28 heavy (non-hydrogen) atoms. The van der Waals surface area contributed by atoms with Gasteiger partial charge in [-0.05, 0) is 62.4 Å². The number of phenols is 2. The smallest absolute Gasteiger partial charge is 0.339 e. The summed E-state index contributed by atoms with van der Waals surface area (Å²) in [6.45, 7) is 1.28. The van der Waals surface area contributed by atoms with Gasteiger partial charge in [-0.25, -0.2) is 9.59 Å². The van der Waals surface area contributed by atoms with E-state index in [1.807, 2.05) is 0 Å². The van der Waals surface area contributed by atoms with Crippen LogP contribution in [0, 0.1) is 0 Å². The van der Waals surface area contributed by atoms with Crippen LogP contribution in [0.4, 0.5) is 0 Å². The Labute approximate surface area is 160 Å². The van der Waals surface area contributed by atoms with E-state index < -0.39 is 35.7 Å². The predicted molar refractivity (Wildman–Crippen MR) is 96.0 cm³/mol. The molecule has 0 saturated heterocycles. The highest BCUT2D eigenvalue weighted by atomic mass is 16.6. The van der Waals surface area contributed by atoms with Crippen LogP contribution in [0.15, 0.2) is 48.5 Å². The van der Waals surface area contributed by atoms with Crippen molar-refractivity contribution in [2.45, 2.75) is 19.4 Å². The summed E-state index contributed by atoms with van der Waals surface area (Å²) in [6, 6.07) is 10.1. The zero-order valence-corrected chi connectivity index (χ0v) is 15.2. The van der Waals surface area contributed by atoms with Crippen LogP contribution in [0.2, 0.25) is 0 Å². The monoisotopic (exact) mass is 386 g/mol. The maximum Gasteiger partial charge on any atom is 0.339 e. The Kier molecular flexibility index (Phi) is 6.15. The molecule has 2 aromatic rings. The average molecular weight is 386 g/mol. The normalized spacial score (nSPS) is 10.8. The van der Waals surface area contributed by atoms with E-state index in [1.165, 1.54) is 48.5 Å². The number of carbonyl (C=O) groups is 4. The second-order valence-electron chi connectivity index (χ2n) is 6.00. The van der Waals surface area contributed by atoms with Crippen LogP contribution >= 0.6 is 0 Å². The van der Waals surface area contributed by atoms with Crippen molar-refractivity contribution in [3.63, 3.8) is 0 Å². The summed E-state index contributed by atoms with van der Waals surface area (Å²) in [5.74, 6) is -3.63. The van der Waals surface area contributed by atoms with E-state index in [0.29, 0.717) is 0 Å². The Morgan fingerprint density at radius 1 is 0.750 bits per heavy atom. The maximum atomic E-state index is 12.4. The molecule has 0 fully saturated rings. The quantitative estimate of drug-likeness (QED) is 0.547. The van der Waals surface area contributed by atoms with Crippen LogP contribution in [-0.2, 0) is 19.1 Å². The zero-order valence-electron chi connectivity index (χ0n) is 15.2. The molecule has 146 valence electrons. The van der Waals surface area contributed by atoms with Crippen LogP contribution in [0.25, 0.3) is 0 Å². The van der Waals surface area contributed by atoms with Crippen LogP contribution in [0.3, 0.4) is 0 Å². The molecule has 0 bridgehead atoms. The molecule has 0 saturated carbocycles. The maximum absolute atomic E-state index is 12.4. The van der Waals surface area contributed by atoms with Gasteiger partial charge in [-0.3, -0.25) is 9.59 Å². The third-order valence-corrected chi connectivity index (χ3v) is 4.02. The number of rotatable bonds is 7. The van der Waals surface area contributed by atoms with Crippen molar-refractivity contribution < 1.29 is 38.9 Å². The molecule has 0 aromatic heterocycles. The summed E-state index contributed by atoms with van der Waals surface area (Å²) >= 11 is 0. The Balaban J connectivity index is 2.22. The minimum Gasteiger partial charge on any atom is -0.508 e. The Morgan fingerprint density at radius 3 is 1.54 bits per heavy atom. The summed E-state index contributed by atoms with van der Waals surface area (Å²) in [5, 5.41) is 18.5. The molecule has 0 aliphatic heterocycles. The molecule has 0 aliphatic rings. The number of hydrogen-bond acceptors (Lipinski definition) is 8. The van der Waals surface area contributed by atoms with Crippen LogP contribution in [0.1, 0.15) is 34.6 Å². The van der Waals surface area contributed by atoms with Crippen molar-refractivity contribution in [3.05, 3.63) is 59.7 Å². The van der Waals surface area contributed by atoms with E-state index >= 15 is 0 Å². The van der Waals surface area contributed by atoms with Crippen molar-refractivity contribution in [2.24, 2.45) is 0 Å². The molecule has 8 nitrogen and oxygen atoms in total. The van der Waals surface area contributed by atoms with E-state index in [1.54, 1.807) is 0 Å². The lowest BCUT2D eigenvalue weighted by Crippen LogP contribution is -2.52. The van der Waals surface area contributed by atoms with E-state index in [0.717, 1.165) is 13.8 Å². The van der Waals surface area contributed by atoms with Crippen LogP contribution in [0.5, 0.6) is 11.5 Å². The number of ketones is 2. The molecular weight excluding hydrogens is 368 g/mol. The fourth-order valence-corrected chi connectivity index (χ4v) is 2.29. The van der Waals surface area contributed by atoms with Crippen molar-refractivity contribution in [3.8, 4) is 11.5 Å². The number of Topliss-reactive ketones (excluding diaryl/α,β-unsaturated/α-hetero) is 2. The molecule has 0 radical (unpaired) electrons. The Morgan fingerprint density at radius 2 is 1.14 bits per heavy atom. The number of esters is 2. The van der Waals surface area contributed by atoms with Crippen molar-refractivity contribution in [1.29, 1.82) is 0 Å². The summed E-state index contributed by atoms with van der Waals surface area (Å²) in [7, 11) is 0. The topological polar surface area (TPSA) is 127 Å². The number of ether oxygens (including phenoxy) is 2. The van der Waals surface area contributed by atoms with Gasteiger partial charge in [0.1, 0.15) is 18.1 Å². The van der Waals surface area contributed by atoms with Gasteiger partial charge in [0.25, 0.3) is 5.60 Å². The molecule has 0 aliphatic carbocycles. The molecule has 2 rings (SSSR count). The number of phenolic OH excluding ortho intramolecular Hbond substituents is 2. The lowest BCUT2D eigenvalue weighted by molar-refractivity contribution is -0.153. The number of hydrogen-bond donors (Lipinski definition) is 2. The van der Waals surface area contributed by atoms with E-state index in [2.05, 4.69) is 0 Å². The highest BCUT2D eigenvalue weighted by Crippen LogP contribution is 2.21. The molecule has 0 spiro atoms. The molecule has 2 N–H and O–H groups in total. The summed E-state index contributed by atoms with van der Waals surface area (Å²) in [5.41, 5.74) is -2.24. The lowest BCUT2D eigenvalue weighted by Gasteiger charge is -2.28.